The van der Waals surface area contributed by atoms with Crippen LogP contribution in [0.25, 0.3) is 0 Å². The van der Waals surface area contributed by atoms with Crippen molar-refractivity contribution in [2.75, 3.05) is 13.2 Å². The lowest BCUT2D eigenvalue weighted by Gasteiger charge is -2.13. The van der Waals surface area contributed by atoms with Crippen molar-refractivity contribution in [3.8, 4) is 11.5 Å². The van der Waals surface area contributed by atoms with Crippen LogP contribution in [0.2, 0.25) is 0 Å². The van der Waals surface area contributed by atoms with Gasteiger partial charge in [0.05, 0.1) is 29.3 Å². The van der Waals surface area contributed by atoms with Crippen LogP contribution in [0.3, 0.4) is 0 Å². The van der Waals surface area contributed by atoms with Crippen molar-refractivity contribution in [2.24, 2.45) is 5.73 Å². The second-order valence-corrected chi connectivity index (χ2v) is 5.98. The van der Waals surface area contributed by atoms with Gasteiger partial charge < -0.3 is 19.9 Å². The third-order valence-corrected chi connectivity index (χ3v) is 3.87. The molecule has 9 nitrogen and oxygen atoms in total. The van der Waals surface area contributed by atoms with Gasteiger partial charge in [0, 0.05) is 11.6 Å². The van der Waals surface area contributed by atoms with E-state index in [2.05, 4.69) is 0 Å². The topological polar surface area (TPSA) is 131 Å². The highest BCUT2D eigenvalue weighted by molar-refractivity contribution is 5.93. The minimum absolute atomic E-state index is 0.00389. The van der Waals surface area contributed by atoms with Gasteiger partial charge in [-0.25, -0.2) is 4.79 Å². The maximum atomic E-state index is 12.4. The number of nitrogens with two attached hydrogens (primary N) is 1. The maximum absolute atomic E-state index is 12.4. The van der Waals surface area contributed by atoms with Crippen LogP contribution in [-0.4, -0.2) is 30.0 Å². The van der Waals surface area contributed by atoms with Crippen LogP contribution >= 0.6 is 0 Å². The van der Waals surface area contributed by atoms with Crippen LogP contribution in [0.15, 0.2) is 36.4 Å². The number of amides is 1. The summed E-state index contributed by atoms with van der Waals surface area (Å²) < 4.78 is 16.3. The van der Waals surface area contributed by atoms with Crippen LogP contribution in [0.5, 0.6) is 11.5 Å². The Labute approximate surface area is 167 Å². The predicted octanol–water partition coefficient (Wildman–Crippen LogP) is 3.24. The molecule has 154 valence electrons. The molecule has 0 heterocycles. The first kappa shape index (κ1) is 21.7. The first-order valence-corrected chi connectivity index (χ1v) is 9.01. The van der Waals surface area contributed by atoms with E-state index in [1.54, 1.807) is 6.07 Å². The van der Waals surface area contributed by atoms with Gasteiger partial charge in [-0.1, -0.05) is 6.92 Å². The molecular formula is C20H22N2O7. The molecule has 0 atom stereocenters. The zero-order valence-electron chi connectivity index (χ0n) is 16.2. The molecule has 9 heteroatoms. The Kier molecular flexibility index (Phi) is 7.53. The summed E-state index contributed by atoms with van der Waals surface area (Å²) in [6.45, 7) is 4.34. The summed E-state index contributed by atoms with van der Waals surface area (Å²) in [5.41, 5.74) is 5.14. The number of benzene rings is 2. The lowest BCUT2D eigenvalue weighted by Crippen LogP contribution is -2.12. The zero-order chi connectivity index (χ0) is 21.4. The summed E-state index contributed by atoms with van der Waals surface area (Å²) in [6.07, 6.45) is 0.822. The standard InChI is InChI=1S/C20H22N2O7/c1-3-9-28-17-8-7-14(11-18(17)27-4-2)20(24)29-12-15-6-5-13(19(21)23)10-16(15)22(25)26/h5-8,10-11H,3-4,9,12H2,1-2H3,(H2,21,23). The molecule has 0 aromatic heterocycles. The highest BCUT2D eigenvalue weighted by Gasteiger charge is 2.19. The Morgan fingerprint density at radius 2 is 1.76 bits per heavy atom. The van der Waals surface area contributed by atoms with Crippen molar-refractivity contribution >= 4 is 17.6 Å². The molecule has 0 bridgehead atoms. The van der Waals surface area contributed by atoms with Gasteiger partial charge in [0.25, 0.3) is 5.69 Å². The van der Waals surface area contributed by atoms with Crippen molar-refractivity contribution in [3.05, 3.63) is 63.2 Å². The summed E-state index contributed by atoms with van der Waals surface area (Å²) >= 11 is 0. The smallest absolute Gasteiger partial charge is 0.338 e. The van der Waals surface area contributed by atoms with Crippen LogP contribution in [0.1, 0.15) is 46.5 Å². The fourth-order valence-corrected chi connectivity index (χ4v) is 2.47. The lowest BCUT2D eigenvalue weighted by atomic mass is 10.1. The van der Waals surface area contributed by atoms with E-state index in [1.807, 2.05) is 13.8 Å². The van der Waals surface area contributed by atoms with Gasteiger partial charge in [0.1, 0.15) is 6.61 Å². The quantitative estimate of drug-likeness (QED) is 0.367. The molecule has 0 saturated heterocycles. The van der Waals surface area contributed by atoms with Crippen LogP contribution in [-0.2, 0) is 11.3 Å². The van der Waals surface area contributed by atoms with Gasteiger partial charge in [-0.15, -0.1) is 0 Å². The van der Waals surface area contributed by atoms with Crippen LogP contribution in [0, 0.1) is 10.1 Å². The number of hydrogen-bond acceptors (Lipinski definition) is 7. The van der Waals surface area contributed by atoms with E-state index in [4.69, 9.17) is 19.9 Å². The van der Waals surface area contributed by atoms with E-state index < -0.39 is 16.8 Å². The van der Waals surface area contributed by atoms with Crippen LogP contribution < -0.4 is 15.2 Å². The first-order valence-electron chi connectivity index (χ1n) is 9.01. The fraction of sp³-hybridized carbons (Fsp3) is 0.300. The van der Waals surface area contributed by atoms with E-state index in [1.165, 1.54) is 24.3 Å². The highest BCUT2D eigenvalue weighted by Crippen LogP contribution is 2.29. The van der Waals surface area contributed by atoms with Gasteiger partial charge in [-0.2, -0.15) is 0 Å². The monoisotopic (exact) mass is 402 g/mol. The zero-order valence-corrected chi connectivity index (χ0v) is 16.2. The minimum Gasteiger partial charge on any atom is -0.490 e. The van der Waals surface area contributed by atoms with Gasteiger partial charge >= 0.3 is 5.97 Å². The van der Waals surface area contributed by atoms with Gasteiger partial charge in [0.2, 0.25) is 5.91 Å². The Balaban J connectivity index is 2.17. The molecule has 0 aliphatic carbocycles. The number of primary amides is 1. The van der Waals surface area contributed by atoms with Gasteiger partial charge in [-0.3, -0.25) is 14.9 Å². The SMILES string of the molecule is CCCOc1ccc(C(=O)OCc2ccc(C(N)=O)cc2[N+](=O)[O-])cc1OCC. The number of nitro benzene ring substituents is 1. The molecule has 0 unspecified atom stereocenters. The Bertz CT molecular complexity index is 912. The number of hydrogen-bond donors (Lipinski definition) is 1. The Morgan fingerprint density at radius 1 is 1.03 bits per heavy atom. The highest BCUT2D eigenvalue weighted by atomic mass is 16.6. The average molecular weight is 402 g/mol. The van der Waals surface area contributed by atoms with Gasteiger partial charge in [0.15, 0.2) is 11.5 Å². The molecule has 0 aliphatic rings. The third kappa shape index (κ3) is 5.68. The summed E-state index contributed by atoms with van der Waals surface area (Å²) in [6, 6.07) is 8.37. The summed E-state index contributed by atoms with van der Waals surface area (Å²) in [5.74, 6) is -0.540. The molecule has 0 aliphatic heterocycles. The molecule has 29 heavy (non-hydrogen) atoms. The van der Waals surface area contributed by atoms with Gasteiger partial charge in [-0.05, 0) is 43.7 Å². The molecule has 2 N–H and O–H groups in total. The number of nitro groups is 1. The van der Waals surface area contributed by atoms with E-state index in [0.29, 0.717) is 24.7 Å². The molecule has 2 rings (SSSR count). The fourth-order valence-electron chi connectivity index (χ4n) is 2.47. The average Bonchev–Trinajstić information content (AvgIpc) is 2.70. The molecule has 2 aromatic rings. The second kappa shape index (κ2) is 10.1. The Morgan fingerprint density at radius 3 is 2.38 bits per heavy atom. The largest absolute Gasteiger partial charge is 0.490 e. The molecule has 0 radical (unpaired) electrons. The first-order chi connectivity index (χ1) is 13.9. The predicted molar refractivity (Wildman–Crippen MR) is 104 cm³/mol. The summed E-state index contributed by atoms with van der Waals surface area (Å²) in [5, 5.41) is 11.2. The van der Waals surface area contributed by atoms with E-state index in [-0.39, 0.29) is 29.0 Å². The van der Waals surface area contributed by atoms with Crippen molar-refractivity contribution in [2.45, 2.75) is 26.9 Å². The summed E-state index contributed by atoms with van der Waals surface area (Å²) in [7, 11) is 0. The van der Waals surface area contributed by atoms with Crippen molar-refractivity contribution < 1.29 is 28.7 Å². The van der Waals surface area contributed by atoms with E-state index >= 15 is 0 Å². The van der Waals surface area contributed by atoms with Crippen molar-refractivity contribution in [3.63, 3.8) is 0 Å². The van der Waals surface area contributed by atoms with Crippen molar-refractivity contribution in [1.82, 2.24) is 0 Å². The molecule has 0 spiro atoms. The number of rotatable bonds is 10. The van der Waals surface area contributed by atoms with Crippen LogP contribution in [0.4, 0.5) is 5.69 Å². The third-order valence-electron chi connectivity index (χ3n) is 3.87. The van der Waals surface area contributed by atoms with Crippen molar-refractivity contribution in [1.29, 1.82) is 0 Å². The number of carbonyl (C=O) groups excluding carboxylic acids is 2. The normalized spacial score (nSPS) is 10.3. The summed E-state index contributed by atoms with van der Waals surface area (Å²) in [4.78, 5) is 34.2. The Hall–Kier alpha value is -3.62. The number of ether oxygens (including phenoxy) is 3. The minimum atomic E-state index is -0.787. The molecule has 0 saturated carbocycles. The molecule has 2 aromatic carbocycles. The number of nitrogens with zero attached hydrogens (tertiary/aromatic N) is 1. The van der Waals surface area contributed by atoms with E-state index in [9.17, 15) is 19.7 Å². The molecule has 0 fully saturated rings. The second-order valence-electron chi connectivity index (χ2n) is 5.98. The molecular weight excluding hydrogens is 380 g/mol. The number of carbonyl (C=O) groups is 2. The van der Waals surface area contributed by atoms with E-state index in [0.717, 1.165) is 12.5 Å². The molecule has 1 amide bonds. The maximum Gasteiger partial charge on any atom is 0.338 e. The lowest BCUT2D eigenvalue weighted by molar-refractivity contribution is -0.385. The number of esters is 1.